The van der Waals surface area contributed by atoms with Gasteiger partial charge in [-0.25, -0.2) is 4.98 Å². The molecule has 0 aliphatic heterocycles. The Labute approximate surface area is 208 Å². The molecule has 0 aliphatic carbocycles. The van der Waals surface area contributed by atoms with Crippen molar-refractivity contribution in [3.05, 3.63) is 76.3 Å². The molecule has 35 heavy (non-hydrogen) atoms. The third kappa shape index (κ3) is 5.05. The Morgan fingerprint density at radius 2 is 1.80 bits per heavy atom. The summed E-state index contributed by atoms with van der Waals surface area (Å²) in [6.45, 7) is 6.10. The molecule has 2 aromatic heterocycles. The van der Waals surface area contributed by atoms with E-state index in [4.69, 9.17) is 14.5 Å². The summed E-state index contributed by atoms with van der Waals surface area (Å²) >= 11 is 1.68. The summed E-state index contributed by atoms with van der Waals surface area (Å²) in [5.41, 5.74) is 4.73. The predicted molar refractivity (Wildman–Crippen MR) is 140 cm³/mol. The number of rotatable bonds is 8. The number of hydrogen-bond donors (Lipinski definition) is 1. The highest BCUT2D eigenvalue weighted by molar-refractivity contribution is 7.18. The zero-order valence-corrected chi connectivity index (χ0v) is 21.3. The highest BCUT2D eigenvalue weighted by Crippen LogP contribution is 2.36. The Morgan fingerprint density at radius 1 is 1.03 bits per heavy atom. The van der Waals surface area contributed by atoms with E-state index in [0.717, 1.165) is 22.2 Å². The molecule has 2 aromatic carbocycles. The topological polar surface area (TPSA) is 77.5 Å². The number of benzene rings is 2. The minimum Gasteiger partial charge on any atom is -0.493 e. The smallest absolute Gasteiger partial charge is 0.251 e. The summed E-state index contributed by atoms with van der Waals surface area (Å²) in [5, 5.41) is 5.93. The number of hydrogen-bond acceptors (Lipinski definition) is 6. The van der Waals surface area contributed by atoms with Gasteiger partial charge < -0.3 is 14.8 Å². The number of methoxy groups -OCH3 is 2. The molecule has 2 heterocycles. The van der Waals surface area contributed by atoms with Gasteiger partial charge >= 0.3 is 0 Å². The Balaban J connectivity index is 1.59. The van der Waals surface area contributed by atoms with Crippen LogP contribution in [0, 0.1) is 6.92 Å². The number of fused-ring (bicyclic) bond motifs is 1. The highest BCUT2D eigenvalue weighted by atomic mass is 32.1. The molecule has 7 heteroatoms. The molecule has 4 aromatic rings. The SMILES string of the molecule is COc1ccc(C(=O)NCC(=O)c2cc(C(C)C)cc(-c3csc4c(C)cccc34)n2)cc1OC. The summed E-state index contributed by atoms with van der Waals surface area (Å²) in [5.74, 6) is 0.563. The van der Waals surface area contributed by atoms with Crippen molar-refractivity contribution < 1.29 is 19.1 Å². The molecule has 0 saturated heterocycles. The fraction of sp³-hybridized carbons (Fsp3) is 0.250. The van der Waals surface area contributed by atoms with Crippen LogP contribution in [0.15, 0.2) is 53.9 Å². The number of ketones is 1. The minimum absolute atomic E-state index is 0.162. The largest absolute Gasteiger partial charge is 0.493 e. The number of nitrogens with one attached hydrogen (secondary N) is 1. The van der Waals surface area contributed by atoms with Gasteiger partial charge in [0.2, 0.25) is 0 Å². The van der Waals surface area contributed by atoms with Crippen LogP contribution in [-0.4, -0.2) is 37.4 Å². The Kier molecular flexibility index (Phi) is 7.17. The number of amides is 1. The lowest BCUT2D eigenvalue weighted by Gasteiger charge is -2.12. The number of pyridine rings is 1. The third-order valence-electron chi connectivity index (χ3n) is 5.93. The van der Waals surface area contributed by atoms with Gasteiger partial charge in [0, 0.05) is 26.6 Å². The lowest BCUT2D eigenvalue weighted by molar-refractivity contribution is 0.0902. The molecule has 0 aliphatic rings. The summed E-state index contributed by atoms with van der Waals surface area (Å²) in [6, 6.07) is 14.9. The summed E-state index contributed by atoms with van der Waals surface area (Å²) in [4.78, 5) is 30.5. The van der Waals surface area contributed by atoms with Gasteiger partial charge in [-0.05, 0) is 54.3 Å². The van der Waals surface area contributed by atoms with Crippen LogP contribution in [-0.2, 0) is 0 Å². The van der Waals surface area contributed by atoms with E-state index in [1.54, 1.807) is 29.5 Å². The molecular formula is C28H28N2O4S. The first kappa shape index (κ1) is 24.4. The van der Waals surface area contributed by atoms with Crippen molar-refractivity contribution >= 4 is 33.1 Å². The number of carbonyl (C=O) groups excluding carboxylic acids is 2. The Morgan fingerprint density at radius 3 is 2.51 bits per heavy atom. The highest BCUT2D eigenvalue weighted by Gasteiger charge is 2.18. The fourth-order valence-electron chi connectivity index (χ4n) is 3.90. The number of carbonyl (C=O) groups is 2. The molecule has 0 fully saturated rings. The van der Waals surface area contributed by atoms with Crippen LogP contribution in [0.3, 0.4) is 0 Å². The van der Waals surface area contributed by atoms with E-state index < -0.39 is 0 Å². The van der Waals surface area contributed by atoms with Crippen LogP contribution >= 0.6 is 11.3 Å². The maximum Gasteiger partial charge on any atom is 0.251 e. The molecule has 1 amide bonds. The fourth-order valence-corrected chi connectivity index (χ4v) is 4.94. The van der Waals surface area contributed by atoms with Crippen LogP contribution in [0.5, 0.6) is 11.5 Å². The van der Waals surface area contributed by atoms with Crippen LogP contribution in [0.2, 0.25) is 0 Å². The molecule has 1 N–H and O–H groups in total. The van der Waals surface area contributed by atoms with Gasteiger partial charge in [0.15, 0.2) is 17.3 Å². The van der Waals surface area contributed by atoms with E-state index in [2.05, 4.69) is 43.6 Å². The molecule has 0 radical (unpaired) electrons. The molecular weight excluding hydrogens is 460 g/mol. The molecule has 0 atom stereocenters. The van der Waals surface area contributed by atoms with Crippen molar-refractivity contribution in [2.45, 2.75) is 26.7 Å². The maximum atomic E-state index is 13.1. The maximum absolute atomic E-state index is 13.1. The van der Waals surface area contributed by atoms with Crippen LogP contribution in [0.1, 0.15) is 51.7 Å². The first-order valence-electron chi connectivity index (χ1n) is 11.3. The van der Waals surface area contributed by atoms with Gasteiger partial charge in [0.1, 0.15) is 5.69 Å². The average molecular weight is 489 g/mol. The van der Waals surface area contributed by atoms with E-state index in [1.165, 1.54) is 24.5 Å². The van der Waals surface area contributed by atoms with Gasteiger partial charge in [-0.3, -0.25) is 9.59 Å². The number of thiophene rings is 1. The number of aromatic nitrogens is 1. The van der Waals surface area contributed by atoms with Gasteiger partial charge in [-0.1, -0.05) is 32.0 Å². The Hall–Kier alpha value is -3.71. The van der Waals surface area contributed by atoms with Crippen LogP contribution in [0.25, 0.3) is 21.3 Å². The van der Waals surface area contributed by atoms with Crippen molar-refractivity contribution in [1.29, 1.82) is 0 Å². The first-order valence-corrected chi connectivity index (χ1v) is 12.2. The summed E-state index contributed by atoms with van der Waals surface area (Å²) in [7, 11) is 3.04. The standard InChI is InChI=1S/C28H28N2O4S/c1-16(2)19-11-22(21-15-35-27-17(3)7-6-8-20(21)27)30-23(12-19)24(31)14-29-28(32)18-9-10-25(33-4)26(13-18)34-5/h6-13,15-16H,14H2,1-5H3,(H,29,32). The molecule has 0 bridgehead atoms. The molecule has 0 unspecified atom stereocenters. The molecule has 6 nitrogen and oxygen atoms in total. The molecule has 4 rings (SSSR count). The van der Waals surface area contributed by atoms with E-state index in [9.17, 15) is 9.59 Å². The quantitative estimate of drug-likeness (QED) is 0.307. The second-order valence-corrected chi connectivity index (χ2v) is 9.48. The second-order valence-electron chi connectivity index (χ2n) is 8.60. The predicted octanol–water partition coefficient (Wildman–Crippen LogP) is 6.03. The van der Waals surface area contributed by atoms with E-state index >= 15 is 0 Å². The normalized spacial score (nSPS) is 11.0. The van der Waals surface area contributed by atoms with Gasteiger partial charge in [-0.15, -0.1) is 11.3 Å². The average Bonchev–Trinajstić information content (AvgIpc) is 3.31. The number of ether oxygens (including phenoxy) is 2. The Bertz CT molecular complexity index is 1410. The van der Waals surface area contributed by atoms with Crippen molar-refractivity contribution in [1.82, 2.24) is 10.3 Å². The van der Waals surface area contributed by atoms with Crippen molar-refractivity contribution in [3.8, 4) is 22.8 Å². The van der Waals surface area contributed by atoms with Gasteiger partial charge in [0.25, 0.3) is 5.91 Å². The summed E-state index contributed by atoms with van der Waals surface area (Å²) < 4.78 is 11.7. The lowest BCUT2D eigenvalue weighted by atomic mass is 9.98. The number of aryl methyl sites for hydroxylation is 1. The zero-order chi connectivity index (χ0) is 25.1. The monoisotopic (exact) mass is 488 g/mol. The summed E-state index contributed by atoms with van der Waals surface area (Å²) in [6.07, 6.45) is 0. The molecule has 180 valence electrons. The van der Waals surface area contributed by atoms with Crippen LogP contribution < -0.4 is 14.8 Å². The van der Waals surface area contributed by atoms with E-state index in [-0.39, 0.29) is 24.2 Å². The van der Waals surface area contributed by atoms with Gasteiger partial charge in [0.05, 0.1) is 26.5 Å². The van der Waals surface area contributed by atoms with Crippen LogP contribution in [0.4, 0.5) is 0 Å². The van der Waals surface area contributed by atoms with Crippen molar-refractivity contribution in [2.24, 2.45) is 0 Å². The van der Waals surface area contributed by atoms with Crippen molar-refractivity contribution in [3.63, 3.8) is 0 Å². The van der Waals surface area contributed by atoms with Gasteiger partial charge in [-0.2, -0.15) is 0 Å². The van der Waals surface area contributed by atoms with E-state index in [0.29, 0.717) is 22.8 Å². The molecule has 0 spiro atoms. The third-order valence-corrected chi connectivity index (χ3v) is 7.06. The van der Waals surface area contributed by atoms with Crippen molar-refractivity contribution in [2.75, 3.05) is 20.8 Å². The first-order chi connectivity index (χ1) is 16.8. The second kappa shape index (κ2) is 10.3. The lowest BCUT2D eigenvalue weighted by Crippen LogP contribution is -2.30. The number of nitrogens with zero attached hydrogens (tertiary/aromatic N) is 1. The zero-order valence-electron chi connectivity index (χ0n) is 20.5. The minimum atomic E-state index is -0.376. The number of Topliss-reactive ketones (excluding diaryl/α,β-unsaturated/α-hetero) is 1. The molecule has 0 saturated carbocycles. The van der Waals surface area contributed by atoms with E-state index in [1.807, 2.05) is 18.2 Å².